The number of rotatable bonds is 0. The first-order valence-electron chi connectivity index (χ1n) is 1.77. The van der Waals surface area contributed by atoms with Gasteiger partial charge in [-0.3, -0.25) is 0 Å². The van der Waals surface area contributed by atoms with E-state index in [1.807, 2.05) is 0 Å². The van der Waals surface area contributed by atoms with Crippen LogP contribution in [0.1, 0.15) is 0 Å². The van der Waals surface area contributed by atoms with E-state index in [1.54, 1.807) is 15.4 Å². The molecule has 0 aromatic rings. The van der Waals surface area contributed by atoms with Crippen LogP contribution in [0.3, 0.4) is 0 Å². The lowest BCUT2D eigenvalue weighted by molar-refractivity contribution is 1.82. The topological polar surface area (TPSA) is 0 Å². The summed E-state index contributed by atoms with van der Waals surface area (Å²) >= 11 is 0. The van der Waals surface area contributed by atoms with Gasteiger partial charge < -0.3 is 0 Å². The molecule has 0 spiro atoms. The fourth-order valence-corrected chi connectivity index (χ4v) is 4.48. The van der Waals surface area contributed by atoms with Crippen LogP contribution in [0.5, 0.6) is 0 Å². The molecule has 3 heteroatoms. The summed E-state index contributed by atoms with van der Waals surface area (Å²) in [6.07, 6.45) is 3.55. The summed E-state index contributed by atoms with van der Waals surface area (Å²) in [4.78, 5) is 0. The lowest BCUT2D eigenvalue weighted by Crippen LogP contribution is -1.53. The molecule has 0 aliphatic carbocycles. The minimum atomic E-state index is 1.08. The third-order valence-electron chi connectivity index (χ3n) is 0.508. The molecule has 1 unspecified atom stereocenters. The van der Waals surface area contributed by atoms with Crippen molar-refractivity contribution >= 4 is 23.7 Å². The molecule has 0 radical (unpaired) electrons. The predicted octanol–water partition coefficient (Wildman–Crippen LogP) is 2.91. The highest BCUT2D eigenvalue weighted by molar-refractivity contribution is 8.26. The number of hydrogen-bond acceptors (Lipinski definition) is 0. The van der Waals surface area contributed by atoms with E-state index in [0.717, 1.165) is 8.27 Å². The van der Waals surface area contributed by atoms with Crippen LogP contribution >= 0.6 is 23.7 Å². The molecular weight excluding hydrogens is 129 g/mol. The molecule has 0 aromatic carbocycles. The van der Waals surface area contributed by atoms with E-state index in [2.05, 4.69) is 11.9 Å². The SMILES string of the molecule is C1=CPP=PC1. The fraction of sp³-hybridized carbons (Fsp3) is 0.333. The van der Waals surface area contributed by atoms with Crippen molar-refractivity contribution in [2.75, 3.05) is 6.16 Å². The van der Waals surface area contributed by atoms with Crippen molar-refractivity contribution in [3.63, 3.8) is 0 Å². The first kappa shape index (κ1) is 4.92. The van der Waals surface area contributed by atoms with Crippen LogP contribution in [0.2, 0.25) is 0 Å². The summed E-state index contributed by atoms with van der Waals surface area (Å²) in [5, 5.41) is 0. The molecule has 1 aliphatic heterocycles. The van der Waals surface area contributed by atoms with Gasteiger partial charge in [-0.05, 0) is 15.8 Å². The highest BCUT2D eigenvalue weighted by atomic mass is 32.2. The van der Waals surface area contributed by atoms with Gasteiger partial charge in [0, 0.05) is 6.16 Å². The highest BCUT2D eigenvalue weighted by Gasteiger charge is 1.77. The zero-order valence-corrected chi connectivity index (χ0v) is 6.05. The van der Waals surface area contributed by atoms with Crippen molar-refractivity contribution in [3.05, 3.63) is 11.9 Å². The maximum Gasteiger partial charge on any atom is 0.0121 e. The molecule has 0 saturated heterocycles. The van der Waals surface area contributed by atoms with E-state index in [4.69, 9.17) is 0 Å². The third-order valence-corrected chi connectivity index (χ3v) is 5.54. The van der Waals surface area contributed by atoms with E-state index >= 15 is 0 Å². The number of hydrogen-bond donors (Lipinski definition) is 0. The maximum atomic E-state index is 2.28. The van der Waals surface area contributed by atoms with Crippen LogP contribution < -0.4 is 0 Å². The Morgan fingerprint density at radius 2 is 2.67 bits per heavy atom. The average molecular weight is 134 g/mol. The van der Waals surface area contributed by atoms with Gasteiger partial charge in [-0.1, -0.05) is 19.8 Å². The molecule has 1 rings (SSSR count). The first-order valence-corrected chi connectivity index (χ1v) is 6.37. The lowest BCUT2D eigenvalue weighted by Gasteiger charge is -1.85. The van der Waals surface area contributed by atoms with Crippen molar-refractivity contribution in [2.45, 2.75) is 0 Å². The Balaban J connectivity index is 2.40. The quantitative estimate of drug-likeness (QED) is 0.446. The normalized spacial score (nSPS) is 28.0. The average Bonchev–Trinajstić information content (AvgIpc) is 1.72. The molecule has 0 fully saturated rings. The smallest absolute Gasteiger partial charge is 0.0121 e. The zero-order valence-electron chi connectivity index (χ0n) is 3.26. The van der Waals surface area contributed by atoms with E-state index < -0.39 is 0 Å². The van der Waals surface area contributed by atoms with Crippen molar-refractivity contribution < 1.29 is 0 Å². The van der Waals surface area contributed by atoms with Crippen LogP contribution in [0.4, 0.5) is 0 Å². The van der Waals surface area contributed by atoms with E-state index in [1.165, 1.54) is 6.16 Å². The minimum absolute atomic E-state index is 1.08. The van der Waals surface area contributed by atoms with Gasteiger partial charge in [0.25, 0.3) is 0 Å². The number of allylic oxidation sites excluding steroid dienone is 1. The Morgan fingerprint density at radius 1 is 1.67 bits per heavy atom. The van der Waals surface area contributed by atoms with Crippen LogP contribution in [-0.2, 0) is 0 Å². The molecule has 1 aliphatic rings. The molecule has 32 valence electrons. The van der Waals surface area contributed by atoms with Crippen molar-refractivity contribution in [1.29, 1.82) is 0 Å². The van der Waals surface area contributed by atoms with Crippen LogP contribution in [0.15, 0.2) is 11.9 Å². The third kappa shape index (κ3) is 1.48. The van der Waals surface area contributed by atoms with Gasteiger partial charge in [0.2, 0.25) is 0 Å². The summed E-state index contributed by atoms with van der Waals surface area (Å²) in [6, 6.07) is 0. The zero-order chi connectivity index (χ0) is 4.24. The molecule has 0 N–H and O–H groups in total. The Morgan fingerprint density at radius 3 is 2.83 bits per heavy atom. The fourth-order valence-electron chi connectivity index (χ4n) is 0.268. The van der Waals surface area contributed by atoms with E-state index in [9.17, 15) is 0 Å². The summed E-state index contributed by atoms with van der Waals surface area (Å²) in [6.45, 7) is 0. The molecule has 0 amide bonds. The molecule has 1 atom stereocenters. The molecular formula is C3H5P3. The van der Waals surface area contributed by atoms with Crippen LogP contribution in [0, 0.1) is 0 Å². The second kappa shape index (κ2) is 2.86. The second-order valence-electron chi connectivity index (χ2n) is 0.955. The Kier molecular flexibility index (Phi) is 2.35. The first-order chi connectivity index (χ1) is 3.00. The van der Waals surface area contributed by atoms with Gasteiger partial charge in [0.1, 0.15) is 0 Å². The molecule has 0 saturated carbocycles. The van der Waals surface area contributed by atoms with Gasteiger partial charge >= 0.3 is 0 Å². The Hall–Kier alpha value is 0.770. The lowest BCUT2D eigenvalue weighted by atomic mass is 10.8. The van der Waals surface area contributed by atoms with Crippen LogP contribution in [0.25, 0.3) is 0 Å². The molecule has 1 heterocycles. The Labute approximate surface area is 42.5 Å². The monoisotopic (exact) mass is 134 g/mol. The summed E-state index contributed by atoms with van der Waals surface area (Å²) in [5.74, 6) is 2.28. The van der Waals surface area contributed by atoms with Gasteiger partial charge in [-0.2, -0.15) is 0 Å². The molecule has 6 heavy (non-hydrogen) atoms. The Bertz CT molecular complexity index is 64.0. The van der Waals surface area contributed by atoms with Crippen LogP contribution in [-0.4, -0.2) is 6.16 Å². The molecule has 0 aromatic heterocycles. The van der Waals surface area contributed by atoms with Gasteiger partial charge in [0.05, 0.1) is 0 Å². The standard InChI is InChI=1S/C3H5P3/c1-2-4-6-5-3-1/h1-2,4H,3H2. The van der Waals surface area contributed by atoms with E-state index in [0.29, 0.717) is 0 Å². The largest absolute Gasteiger partial charge is 0.0750 e. The van der Waals surface area contributed by atoms with Gasteiger partial charge in [-0.15, -0.1) is 0 Å². The second-order valence-corrected chi connectivity index (χ2v) is 6.42. The van der Waals surface area contributed by atoms with Crippen molar-refractivity contribution in [2.24, 2.45) is 0 Å². The predicted molar refractivity (Wildman–Crippen MR) is 36.2 cm³/mol. The van der Waals surface area contributed by atoms with Crippen molar-refractivity contribution in [1.82, 2.24) is 0 Å². The summed E-state index contributed by atoms with van der Waals surface area (Å²) in [7, 11) is 4.29. The minimum Gasteiger partial charge on any atom is -0.0750 e. The highest BCUT2D eigenvalue weighted by Crippen LogP contribution is 2.40. The van der Waals surface area contributed by atoms with Gasteiger partial charge in [-0.25, -0.2) is 0 Å². The summed E-state index contributed by atoms with van der Waals surface area (Å²) in [5.41, 5.74) is 0. The van der Waals surface area contributed by atoms with Crippen molar-refractivity contribution in [3.8, 4) is 0 Å². The van der Waals surface area contributed by atoms with E-state index in [-0.39, 0.29) is 0 Å². The molecule has 0 nitrogen and oxygen atoms in total. The maximum absolute atomic E-state index is 2.28. The molecule has 0 bridgehead atoms. The van der Waals surface area contributed by atoms with Gasteiger partial charge in [0.15, 0.2) is 0 Å². The summed E-state index contributed by atoms with van der Waals surface area (Å²) < 4.78 is 0.